The fourth-order valence-electron chi connectivity index (χ4n) is 4.67. The third-order valence-electron chi connectivity index (χ3n) is 6.75. The SMILES string of the molecule is CC(=O)Nc1ncc(-c2nc(N3CCOCC3)c3sc(CN4CCN(C(=O)OC(C)(C)C)CC4)c(C)c3n2)cn1. The lowest BCUT2D eigenvalue weighted by atomic mass is 10.2. The second-order valence-electron chi connectivity index (χ2n) is 11.0. The zero-order valence-corrected chi connectivity index (χ0v) is 24.5. The van der Waals surface area contributed by atoms with Crippen molar-refractivity contribution < 1.29 is 19.1 Å². The molecule has 0 bridgehead atoms. The van der Waals surface area contributed by atoms with Gasteiger partial charge in [-0.1, -0.05) is 0 Å². The van der Waals surface area contributed by atoms with E-state index in [4.69, 9.17) is 19.4 Å². The third-order valence-corrected chi connectivity index (χ3v) is 8.01. The Hall–Kier alpha value is -3.42. The summed E-state index contributed by atoms with van der Waals surface area (Å²) in [5.74, 6) is 1.45. The van der Waals surface area contributed by atoms with Gasteiger partial charge in [-0.05, 0) is 33.3 Å². The van der Waals surface area contributed by atoms with Crippen molar-refractivity contribution in [3.63, 3.8) is 0 Å². The fourth-order valence-corrected chi connectivity index (χ4v) is 5.98. The number of fused-ring (bicyclic) bond motifs is 1. The Kier molecular flexibility index (Phi) is 8.15. The second kappa shape index (κ2) is 11.6. The first-order chi connectivity index (χ1) is 19.1. The van der Waals surface area contributed by atoms with Crippen molar-refractivity contribution in [3.05, 3.63) is 22.8 Å². The summed E-state index contributed by atoms with van der Waals surface area (Å²) < 4.78 is 12.2. The van der Waals surface area contributed by atoms with Crippen LogP contribution in [0.25, 0.3) is 21.6 Å². The summed E-state index contributed by atoms with van der Waals surface area (Å²) in [6.07, 6.45) is 3.02. The molecular weight excluding hydrogens is 532 g/mol. The van der Waals surface area contributed by atoms with Gasteiger partial charge in [0, 0.05) is 70.0 Å². The molecule has 40 heavy (non-hydrogen) atoms. The standard InChI is InChI=1S/C27H36N8O4S/c1-17-20(16-33-6-8-35(9-7-33)26(37)39-27(3,4)5)40-22-21(17)31-23(32-24(22)34-10-12-38-13-11-34)19-14-28-25(29-15-19)30-18(2)36/h14-15H,6-13,16H2,1-5H3,(H,28,29,30,36). The molecule has 0 radical (unpaired) electrons. The highest BCUT2D eigenvalue weighted by Crippen LogP contribution is 2.38. The highest BCUT2D eigenvalue weighted by atomic mass is 32.1. The van der Waals surface area contributed by atoms with E-state index in [1.54, 1.807) is 28.6 Å². The second-order valence-corrected chi connectivity index (χ2v) is 12.1. The Balaban J connectivity index is 1.40. The van der Waals surface area contributed by atoms with Crippen LogP contribution in [0.5, 0.6) is 0 Å². The first-order valence-corrected chi connectivity index (χ1v) is 14.3. The number of morpholine rings is 1. The summed E-state index contributed by atoms with van der Waals surface area (Å²) >= 11 is 1.73. The number of hydrogen-bond donors (Lipinski definition) is 1. The average Bonchev–Trinajstić information content (AvgIpc) is 3.23. The van der Waals surface area contributed by atoms with Crippen LogP contribution in [0.4, 0.5) is 16.6 Å². The molecule has 2 fully saturated rings. The van der Waals surface area contributed by atoms with Crippen LogP contribution < -0.4 is 10.2 Å². The molecule has 0 aliphatic carbocycles. The molecule has 2 saturated heterocycles. The molecule has 0 aromatic carbocycles. The quantitative estimate of drug-likeness (QED) is 0.490. The van der Waals surface area contributed by atoms with E-state index < -0.39 is 5.60 Å². The Morgan fingerprint density at radius 2 is 1.73 bits per heavy atom. The molecule has 12 nitrogen and oxygen atoms in total. The number of thiophene rings is 1. The van der Waals surface area contributed by atoms with Crippen LogP contribution in [0, 0.1) is 6.92 Å². The lowest BCUT2D eigenvalue weighted by Crippen LogP contribution is -2.49. The number of nitrogens with zero attached hydrogens (tertiary/aromatic N) is 7. The van der Waals surface area contributed by atoms with E-state index in [1.165, 1.54) is 11.8 Å². The molecule has 1 N–H and O–H groups in total. The maximum absolute atomic E-state index is 12.5. The molecule has 2 aliphatic heterocycles. The van der Waals surface area contributed by atoms with Gasteiger partial charge < -0.3 is 19.3 Å². The van der Waals surface area contributed by atoms with Crippen LogP contribution in [0.2, 0.25) is 0 Å². The van der Waals surface area contributed by atoms with Gasteiger partial charge in [0.1, 0.15) is 5.60 Å². The number of aromatic nitrogens is 4. The normalized spacial score (nSPS) is 16.8. The summed E-state index contributed by atoms with van der Waals surface area (Å²) in [6.45, 7) is 15.6. The zero-order valence-electron chi connectivity index (χ0n) is 23.7. The van der Waals surface area contributed by atoms with Crippen molar-refractivity contribution in [2.75, 3.05) is 62.7 Å². The van der Waals surface area contributed by atoms with Gasteiger partial charge in [-0.25, -0.2) is 24.7 Å². The third kappa shape index (κ3) is 6.48. The van der Waals surface area contributed by atoms with Gasteiger partial charge in [0.2, 0.25) is 11.9 Å². The highest BCUT2D eigenvalue weighted by Gasteiger charge is 2.28. The molecule has 3 aromatic heterocycles. The predicted octanol–water partition coefficient (Wildman–Crippen LogP) is 3.30. The van der Waals surface area contributed by atoms with Gasteiger partial charge in [0.05, 0.1) is 29.0 Å². The zero-order chi connectivity index (χ0) is 28.4. The largest absolute Gasteiger partial charge is 0.444 e. The number of amides is 2. The lowest BCUT2D eigenvalue weighted by Gasteiger charge is -2.35. The van der Waals surface area contributed by atoms with Gasteiger partial charge in [-0.3, -0.25) is 15.0 Å². The number of aryl methyl sites for hydroxylation is 1. The fraction of sp³-hybridized carbons (Fsp3) is 0.556. The number of hydrogen-bond acceptors (Lipinski definition) is 11. The van der Waals surface area contributed by atoms with Crippen molar-refractivity contribution in [2.24, 2.45) is 0 Å². The summed E-state index contributed by atoms with van der Waals surface area (Å²) in [7, 11) is 0. The molecule has 0 saturated carbocycles. The maximum Gasteiger partial charge on any atom is 0.410 e. The number of piperazine rings is 1. The predicted molar refractivity (Wildman–Crippen MR) is 154 cm³/mol. The molecule has 2 amide bonds. The molecule has 2 aliphatic rings. The summed E-state index contributed by atoms with van der Waals surface area (Å²) in [5.41, 5.74) is 2.23. The molecule has 5 rings (SSSR count). The molecular formula is C27H36N8O4S. The van der Waals surface area contributed by atoms with E-state index in [1.807, 2.05) is 20.8 Å². The summed E-state index contributed by atoms with van der Waals surface area (Å²) in [6, 6.07) is 0. The van der Waals surface area contributed by atoms with E-state index in [9.17, 15) is 9.59 Å². The monoisotopic (exact) mass is 568 g/mol. The topological polar surface area (TPSA) is 126 Å². The van der Waals surface area contributed by atoms with Crippen LogP contribution in [0.15, 0.2) is 12.4 Å². The molecule has 3 aromatic rings. The van der Waals surface area contributed by atoms with Crippen molar-refractivity contribution in [2.45, 2.75) is 46.8 Å². The number of carbonyl (C=O) groups is 2. The average molecular weight is 569 g/mol. The van der Waals surface area contributed by atoms with E-state index in [2.05, 4.69) is 32.0 Å². The van der Waals surface area contributed by atoms with E-state index >= 15 is 0 Å². The molecule has 0 spiro atoms. The van der Waals surface area contributed by atoms with Crippen molar-refractivity contribution in [1.29, 1.82) is 0 Å². The van der Waals surface area contributed by atoms with Crippen molar-refractivity contribution >= 4 is 45.3 Å². The maximum atomic E-state index is 12.5. The van der Waals surface area contributed by atoms with Crippen molar-refractivity contribution in [3.8, 4) is 11.4 Å². The molecule has 13 heteroatoms. The molecule has 0 unspecified atom stereocenters. The minimum atomic E-state index is -0.500. The molecule has 5 heterocycles. The number of nitrogens with one attached hydrogen (secondary N) is 1. The van der Waals surface area contributed by atoms with Gasteiger partial charge in [0.15, 0.2) is 11.6 Å². The Bertz CT molecular complexity index is 1370. The van der Waals surface area contributed by atoms with E-state index in [0.717, 1.165) is 54.3 Å². The lowest BCUT2D eigenvalue weighted by molar-refractivity contribution is -0.114. The van der Waals surface area contributed by atoms with Gasteiger partial charge in [-0.2, -0.15) is 0 Å². The number of anilines is 2. The van der Waals surface area contributed by atoms with Crippen LogP contribution >= 0.6 is 11.3 Å². The van der Waals surface area contributed by atoms with Gasteiger partial charge in [0.25, 0.3) is 0 Å². The van der Waals surface area contributed by atoms with Gasteiger partial charge in [-0.15, -0.1) is 11.3 Å². The van der Waals surface area contributed by atoms with Crippen molar-refractivity contribution in [1.82, 2.24) is 29.7 Å². The highest BCUT2D eigenvalue weighted by molar-refractivity contribution is 7.19. The van der Waals surface area contributed by atoms with Crippen LogP contribution in [-0.2, 0) is 20.8 Å². The Morgan fingerprint density at radius 1 is 1.05 bits per heavy atom. The number of rotatable bonds is 5. The van der Waals surface area contributed by atoms with Gasteiger partial charge >= 0.3 is 6.09 Å². The van der Waals surface area contributed by atoms with Crippen LogP contribution in [0.1, 0.15) is 38.1 Å². The van der Waals surface area contributed by atoms with E-state index in [0.29, 0.717) is 37.7 Å². The summed E-state index contributed by atoms with van der Waals surface area (Å²) in [5, 5.41) is 2.59. The minimum absolute atomic E-state index is 0.229. The minimum Gasteiger partial charge on any atom is -0.444 e. The molecule has 214 valence electrons. The molecule has 0 atom stereocenters. The Morgan fingerprint density at radius 3 is 2.35 bits per heavy atom. The van der Waals surface area contributed by atoms with Crippen LogP contribution in [0.3, 0.4) is 0 Å². The smallest absolute Gasteiger partial charge is 0.410 e. The summed E-state index contributed by atoms with van der Waals surface area (Å²) in [4.78, 5) is 49.9. The van der Waals surface area contributed by atoms with E-state index in [-0.39, 0.29) is 17.9 Å². The first-order valence-electron chi connectivity index (χ1n) is 13.5. The first kappa shape index (κ1) is 28.1. The Labute approximate surface area is 237 Å². The van der Waals surface area contributed by atoms with Crippen LogP contribution in [-0.4, -0.2) is 99.8 Å². The number of carbonyl (C=O) groups excluding carboxylic acids is 2. The number of ether oxygens (including phenoxy) is 2.